The molecule has 1 aromatic rings. The van der Waals surface area contributed by atoms with Gasteiger partial charge < -0.3 is 16.0 Å². The van der Waals surface area contributed by atoms with E-state index in [1.807, 2.05) is 12.1 Å². The second-order valence-electron chi connectivity index (χ2n) is 4.75. The van der Waals surface area contributed by atoms with Gasteiger partial charge in [-0.05, 0) is 37.5 Å². The Hall–Kier alpha value is -1.71. The SMILES string of the molecule is CCC1CCCN1c1ccc(C(=O)NC)cc1N. The fraction of sp³-hybridized carbons (Fsp3) is 0.500. The van der Waals surface area contributed by atoms with Crippen LogP contribution in [0.15, 0.2) is 18.2 Å². The van der Waals surface area contributed by atoms with Crippen LogP contribution in [0.1, 0.15) is 36.5 Å². The summed E-state index contributed by atoms with van der Waals surface area (Å²) >= 11 is 0. The van der Waals surface area contributed by atoms with Gasteiger partial charge in [0.05, 0.1) is 11.4 Å². The fourth-order valence-corrected chi connectivity index (χ4v) is 2.68. The van der Waals surface area contributed by atoms with Crippen molar-refractivity contribution in [3.63, 3.8) is 0 Å². The van der Waals surface area contributed by atoms with Crippen molar-refractivity contribution in [1.29, 1.82) is 0 Å². The minimum absolute atomic E-state index is 0.0956. The molecule has 0 saturated carbocycles. The van der Waals surface area contributed by atoms with E-state index in [9.17, 15) is 4.79 Å². The van der Waals surface area contributed by atoms with Crippen molar-refractivity contribution < 1.29 is 4.79 Å². The van der Waals surface area contributed by atoms with E-state index < -0.39 is 0 Å². The summed E-state index contributed by atoms with van der Waals surface area (Å²) in [6, 6.07) is 6.15. The molecule has 4 nitrogen and oxygen atoms in total. The topological polar surface area (TPSA) is 58.4 Å². The summed E-state index contributed by atoms with van der Waals surface area (Å²) in [5.74, 6) is -0.0956. The molecule has 1 aromatic carbocycles. The maximum atomic E-state index is 11.5. The van der Waals surface area contributed by atoms with Crippen molar-refractivity contribution in [2.75, 3.05) is 24.2 Å². The first kappa shape index (κ1) is 12.7. The number of anilines is 2. The van der Waals surface area contributed by atoms with Crippen LogP contribution in [0.3, 0.4) is 0 Å². The highest BCUT2D eigenvalue weighted by Gasteiger charge is 2.24. The molecule has 0 bridgehead atoms. The minimum atomic E-state index is -0.0956. The lowest BCUT2D eigenvalue weighted by Gasteiger charge is -2.27. The highest BCUT2D eigenvalue weighted by atomic mass is 16.1. The van der Waals surface area contributed by atoms with E-state index in [-0.39, 0.29) is 5.91 Å². The number of amides is 1. The van der Waals surface area contributed by atoms with E-state index in [0.717, 1.165) is 18.7 Å². The number of nitrogens with one attached hydrogen (secondary N) is 1. The number of hydrogen-bond acceptors (Lipinski definition) is 3. The van der Waals surface area contributed by atoms with Gasteiger partial charge in [-0.2, -0.15) is 0 Å². The Morgan fingerprint density at radius 3 is 2.94 bits per heavy atom. The van der Waals surface area contributed by atoms with Gasteiger partial charge in [-0.15, -0.1) is 0 Å². The van der Waals surface area contributed by atoms with E-state index in [0.29, 0.717) is 17.3 Å². The van der Waals surface area contributed by atoms with Crippen LogP contribution in [0.5, 0.6) is 0 Å². The zero-order valence-electron chi connectivity index (χ0n) is 11.1. The summed E-state index contributed by atoms with van der Waals surface area (Å²) in [5, 5.41) is 2.61. The Kier molecular flexibility index (Phi) is 3.75. The van der Waals surface area contributed by atoms with Crippen LogP contribution >= 0.6 is 0 Å². The fourth-order valence-electron chi connectivity index (χ4n) is 2.68. The van der Waals surface area contributed by atoms with Crippen LogP contribution in [0.25, 0.3) is 0 Å². The molecule has 1 saturated heterocycles. The summed E-state index contributed by atoms with van der Waals surface area (Å²) in [5.41, 5.74) is 8.46. The van der Waals surface area contributed by atoms with Gasteiger partial charge in [-0.3, -0.25) is 4.79 Å². The summed E-state index contributed by atoms with van der Waals surface area (Å²) in [6.45, 7) is 3.26. The summed E-state index contributed by atoms with van der Waals surface area (Å²) in [6.07, 6.45) is 3.58. The van der Waals surface area contributed by atoms with Gasteiger partial charge in [0.25, 0.3) is 5.91 Å². The van der Waals surface area contributed by atoms with E-state index in [1.165, 1.54) is 12.8 Å². The second kappa shape index (κ2) is 5.29. The molecule has 1 heterocycles. The number of nitrogens with two attached hydrogens (primary N) is 1. The van der Waals surface area contributed by atoms with Crippen molar-refractivity contribution in [2.45, 2.75) is 32.2 Å². The molecule has 1 atom stereocenters. The van der Waals surface area contributed by atoms with Gasteiger partial charge in [-0.25, -0.2) is 0 Å². The number of hydrogen-bond donors (Lipinski definition) is 2. The lowest BCUT2D eigenvalue weighted by atomic mass is 10.1. The van der Waals surface area contributed by atoms with Crippen molar-refractivity contribution in [2.24, 2.45) is 0 Å². The molecular weight excluding hydrogens is 226 g/mol. The molecule has 1 fully saturated rings. The maximum Gasteiger partial charge on any atom is 0.251 e. The quantitative estimate of drug-likeness (QED) is 0.803. The smallest absolute Gasteiger partial charge is 0.251 e. The number of rotatable bonds is 3. The molecule has 0 aliphatic carbocycles. The van der Waals surface area contributed by atoms with E-state index in [4.69, 9.17) is 5.73 Å². The highest BCUT2D eigenvalue weighted by Crippen LogP contribution is 2.32. The number of nitrogens with zero attached hydrogens (tertiary/aromatic N) is 1. The van der Waals surface area contributed by atoms with Crippen LogP contribution in [-0.2, 0) is 0 Å². The van der Waals surface area contributed by atoms with Crippen LogP contribution in [-0.4, -0.2) is 25.5 Å². The predicted octanol–water partition coefficient (Wildman–Crippen LogP) is 2.01. The van der Waals surface area contributed by atoms with Crippen LogP contribution < -0.4 is 16.0 Å². The second-order valence-corrected chi connectivity index (χ2v) is 4.75. The van der Waals surface area contributed by atoms with E-state index >= 15 is 0 Å². The minimum Gasteiger partial charge on any atom is -0.397 e. The van der Waals surface area contributed by atoms with Crippen molar-refractivity contribution in [3.8, 4) is 0 Å². The first-order chi connectivity index (χ1) is 8.67. The third-order valence-corrected chi connectivity index (χ3v) is 3.67. The van der Waals surface area contributed by atoms with E-state index in [1.54, 1.807) is 13.1 Å². The average Bonchev–Trinajstić information content (AvgIpc) is 2.85. The largest absolute Gasteiger partial charge is 0.397 e. The molecule has 0 aromatic heterocycles. The molecular formula is C14H21N3O. The lowest BCUT2D eigenvalue weighted by Crippen LogP contribution is -2.29. The van der Waals surface area contributed by atoms with Crippen molar-refractivity contribution in [3.05, 3.63) is 23.8 Å². The summed E-state index contributed by atoms with van der Waals surface area (Å²) < 4.78 is 0. The average molecular weight is 247 g/mol. The normalized spacial score (nSPS) is 19.0. The van der Waals surface area contributed by atoms with Crippen LogP contribution in [0.2, 0.25) is 0 Å². The molecule has 1 aliphatic heterocycles. The Balaban J connectivity index is 2.27. The highest BCUT2D eigenvalue weighted by molar-refractivity contribution is 5.96. The summed E-state index contributed by atoms with van der Waals surface area (Å²) in [4.78, 5) is 13.9. The van der Waals surface area contributed by atoms with Crippen molar-refractivity contribution in [1.82, 2.24) is 5.32 Å². The van der Waals surface area contributed by atoms with Gasteiger partial charge in [0.1, 0.15) is 0 Å². The number of carbonyl (C=O) groups is 1. The monoisotopic (exact) mass is 247 g/mol. The van der Waals surface area contributed by atoms with E-state index in [2.05, 4.69) is 17.1 Å². The maximum absolute atomic E-state index is 11.5. The standard InChI is InChI=1S/C14H21N3O/c1-3-11-5-4-8-17(11)13-7-6-10(9-12(13)15)14(18)16-2/h6-7,9,11H,3-5,8,15H2,1-2H3,(H,16,18). The Labute approximate surface area is 108 Å². The molecule has 1 unspecified atom stereocenters. The van der Waals surface area contributed by atoms with Crippen LogP contribution in [0.4, 0.5) is 11.4 Å². The van der Waals surface area contributed by atoms with Gasteiger partial charge in [0, 0.05) is 25.2 Å². The molecule has 1 amide bonds. The first-order valence-electron chi connectivity index (χ1n) is 6.55. The number of nitrogen functional groups attached to an aromatic ring is 1. The summed E-state index contributed by atoms with van der Waals surface area (Å²) in [7, 11) is 1.63. The molecule has 18 heavy (non-hydrogen) atoms. The third-order valence-electron chi connectivity index (χ3n) is 3.67. The van der Waals surface area contributed by atoms with Gasteiger partial charge in [0.2, 0.25) is 0 Å². The molecule has 2 rings (SSSR count). The zero-order valence-corrected chi connectivity index (χ0v) is 11.1. The Morgan fingerprint density at radius 1 is 1.56 bits per heavy atom. The molecule has 0 radical (unpaired) electrons. The molecule has 1 aliphatic rings. The number of benzene rings is 1. The first-order valence-corrected chi connectivity index (χ1v) is 6.55. The Bertz CT molecular complexity index is 445. The van der Waals surface area contributed by atoms with Gasteiger partial charge >= 0.3 is 0 Å². The van der Waals surface area contributed by atoms with Gasteiger partial charge in [-0.1, -0.05) is 6.92 Å². The predicted molar refractivity (Wildman–Crippen MR) is 74.9 cm³/mol. The van der Waals surface area contributed by atoms with Crippen LogP contribution in [0, 0.1) is 0 Å². The van der Waals surface area contributed by atoms with Crippen molar-refractivity contribution >= 4 is 17.3 Å². The third kappa shape index (κ3) is 2.28. The number of carbonyl (C=O) groups excluding carboxylic acids is 1. The molecule has 98 valence electrons. The molecule has 4 heteroatoms. The molecule has 3 N–H and O–H groups in total. The Morgan fingerprint density at radius 2 is 2.33 bits per heavy atom. The lowest BCUT2D eigenvalue weighted by molar-refractivity contribution is 0.0963. The molecule has 0 spiro atoms. The zero-order chi connectivity index (χ0) is 13.1. The van der Waals surface area contributed by atoms with Gasteiger partial charge in [0.15, 0.2) is 0 Å².